The fraction of sp³-hybridized carbons (Fsp3) is 0.381. The highest BCUT2D eigenvalue weighted by atomic mass is 35.5. The molecule has 1 saturated heterocycles. The van der Waals surface area contributed by atoms with Crippen molar-refractivity contribution in [2.75, 3.05) is 27.2 Å². The van der Waals surface area contributed by atoms with E-state index in [1.807, 2.05) is 0 Å². The van der Waals surface area contributed by atoms with Crippen molar-refractivity contribution < 1.29 is 0 Å². The number of benzene rings is 1. The van der Waals surface area contributed by atoms with Gasteiger partial charge in [-0.25, -0.2) is 4.99 Å². The van der Waals surface area contributed by atoms with Crippen molar-refractivity contribution in [3.8, 4) is 0 Å². The van der Waals surface area contributed by atoms with E-state index in [9.17, 15) is 0 Å². The number of para-hydroxylation sites is 1. The Morgan fingerprint density at radius 1 is 1.12 bits per heavy atom. The average Bonchev–Trinajstić information content (AvgIpc) is 3.02. The Bertz CT molecular complexity index is 975. The highest BCUT2D eigenvalue weighted by Gasteiger charge is 2.48. The monoisotopic (exact) mass is 351 g/mol. The quantitative estimate of drug-likeness (QED) is 0.715. The van der Waals surface area contributed by atoms with Gasteiger partial charge in [0.25, 0.3) is 0 Å². The van der Waals surface area contributed by atoms with Crippen LogP contribution in [0.25, 0.3) is 5.57 Å². The lowest BCUT2D eigenvalue weighted by Crippen LogP contribution is -2.57. The van der Waals surface area contributed by atoms with Gasteiger partial charge in [0, 0.05) is 47.2 Å². The Kier molecular flexibility index (Phi) is 3.28. The molecule has 1 spiro atoms. The maximum absolute atomic E-state index is 6.37. The van der Waals surface area contributed by atoms with E-state index in [-0.39, 0.29) is 5.54 Å². The summed E-state index contributed by atoms with van der Waals surface area (Å²) < 4.78 is 0. The minimum atomic E-state index is 0.0157. The molecule has 0 unspecified atom stereocenters. The number of hydrogen-bond donors (Lipinski definition) is 0. The van der Waals surface area contributed by atoms with Crippen molar-refractivity contribution >= 4 is 17.2 Å². The standard InChI is InChI=1S/C21H22ClN3/c1-24-11-9-21(10-12-24)19-15-5-3-4-6-17(15)23-20(19)16-8-7-14(22)13-18(16)25(21)2/h3-7,13H,8-12H2,1-2H3. The zero-order chi connectivity index (χ0) is 17.2. The van der Waals surface area contributed by atoms with Crippen molar-refractivity contribution in [1.29, 1.82) is 0 Å². The molecule has 0 atom stereocenters. The minimum Gasteiger partial charge on any atom is -0.364 e. The van der Waals surface area contributed by atoms with Crippen molar-refractivity contribution in [1.82, 2.24) is 9.80 Å². The second-order valence-electron chi connectivity index (χ2n) is 7.55. The summed E-state index contributed by atoms with van der Waals surface area (Å²) in [5.74, 6) is 0. The van der Waals surface area contributed by atoms with Gasteiger partial charge in [0.1, 0.15) is 0 Å². The lowest BCUT2D eigenvalue weighted by molar-refractivity contribution is 0.117. The van der Waals surface area contributed by atoms with E-state index in [4.69, 9.17) is 16.6 Å². The molecule has 0 radical (unpaired) electrons. The third-order valence-electron chi connectivity index (χ3n) is 6.30. The zero-order valence-electron chi connectivity index (χ0n) is 14.7. The number of allylic oxidation sites excluding steroid dienone is 4. The molecule has 128 valence electrons. The van der Waals surface area contributed by atoms with E-state index in [1.165, 1.54) is 27.8 Å². The van der Waals surface area contributed by atoms with Gasteiger partial charge in [-0.1, -0.05) is 35.9 Å². The van der Waals surface area contributed by atoms with Crippen LogP contribution in [0.15, 0.2) is 63.4 Å². The summed E-state index contributed by atoms with van der Waals surface area (Å²) in [5, 5.41) is 3.28. The number of halogens is 1. The zero-order valence-corrected chi connectivity index (χ0v) is 15.5. The molecule has 4 heteroatoms. The van der Waals surface area contributed by atoms with E-state index in [2.05, 4.69) is 60.3 Å². The van der Waals surface area contributed by atoms with Gasteiger partial charge in [0.2, 0.25) is 0 Å². The van der Waals surface area contributed by atoms with E-state index in [0.717, 1.165) is 42.7 Å². The van der Waals surface area contributed by atoms with Gasteiger partial charge in [0.15, 0.2) is 0 Å². The maximum Gasteiger partial charge on any atom is 0.0755 e. The molecule has 0 aromatic heterocycles. The third-order valence-corrected chi connectivity index (χ3v) is 6.56. The lowest BCUT2D eigenvalue weighted by Gasteiger charge is -2.53. The second-order valence-corrected chi connectivity index (χ2v) is 7.98. The van der Waals surface area contributed by atoms with Crippen LogP contribution in [0.5, 0.6) is 0 Å². The van der Waals surface area contributed by atoms with Crippen molar-refractivity contribution in [2.45, 2.75) is 24.8 Å². The summed E-state index contributed by atoms with van der Waals surface area (Å²) in [4.78, 5) is 10.0. The Hall–Kier alpha value is -1.84. The molecule has 1 aromatic carbocycles. The largest absolute Gasteiger partial charge is 0.364 e. The van der Waals surface area contributed by atoms with Crippen LogP contribution in [-0.4, -0.2) is 42.5 Å². The van der Waals surface area contributed by atoms with Crippen LogP contribution >= 0.6 is 11.6 Å². The molecular formula is C21H22ClN3. The fourth-order valence-electron chi connectivity index (χ4n) is 4.85. The number of nitrogens with zero attached hydrogens (tertiary/aromatic N) is 3. The summed E-state index contributed by atoms with van der Waals surface area (Å²) in [7, 11) is 4.46. The molecule has 5 rings (SSSR count). The SMILES string of the molecule is CN1CCC2(CC1)C1=c3ccccc3=NC1=C1CC=C(Cl)C=C1N2C. The molecule has 1 aromatic rings. The summed E-state index contributed by atoms with van der Waals surface area (Å²) >= 11 is 6.37. The number of likely N-dealkylation sites (tertiary alicyclic amines) is 1. The average molecular weight is 352 g/mol. The van der Waals surface area contributed by atoms with Gasteiger partial charge in [-0.15, -0.1) is 0 Å². The first kappa shape index (κ1) is 15.4. The van der Waals surface area contributed by atoms with Crippen molar-refractivity contribution in [3.05, 3.63) is 69.0 Å². The van der Waals surface area contributed by atoms with Gasteiger partial charge in [0.05, 0.1) is 16.6 Å². The Labute approximate surface area is 153 Å². The minimum absolute atomic E-state index is 0.0157. The van der Waals surface area contributed by atoms with E-state index in [0.29, 0.717) is 0 Å². The van der Waals surface area contributed by atoms with Crippen molar-refractivity contribution in [2.24, 2.45) is 4.99 Å². The summed E-state index contributed by atoms with van der Waals surface area (Å²) in [6.45, 7) is 2.21. The van der Waals surface area contributed by atoms with Crippen LogP contribution in [0, 0.1) is 0 Å². The molecule has 0 amide bonds. The van der Waals surface area contributed by atoms with E-state index >= 15 is 0 Å². The summed E-state index contributed by atoms with van der Waals surface area (Å²) in [6, 6.07) is 8.62. The normalized spacial score (nSPS) is 24.4. The Morgan fingerprint density at radius 3 is 2.68 bits per heavy atom. The molecule has 3 aliphatic heterocycles. The lowest BCUT2D eigenvalue weighted by atomic mass is 9.72. The second kappa shape index (κ2) is 5.33. The van der Waals surface area contributed by atoms with Crippen LogP contribution in [0.2, 0.25) is 0 Å². The van der Waals surface area contributed by atoms with Gasteiger partial charge >= 0.3 is 0 Å². The molecule has 0 bridgehead atoms. The predicted octanol–water partition coefficient (Wildman–Crippen LogP) is 2.54. The summed E-state index contributed by atoms with van der Waals surface area (Å²) in [5.41, 5.74) is 5.24. The number of likely N-dealkylation sites (N-methyl/N-ethyl adjacent to an activating group) is 1. The molecule has 0 saturated carbocycles. The first-order chi connectivity index (χ1) is 12.1. The predicted molar refractivity (Wildman–Crippen MR) is 102 cm³/mol. The van der Waals surface area contributed by atoms with Crippen LogP contribution in [0.3, 0.4) is 0 Å². The number of piperidine rings is 1. The molecule has 4 aliphatic rings. The smallest absolute Gasteiger partial charge is 0.0755 e. The summed E-state index contributed by atoms with van der Waals surface area (Å²) in [6.07, 6.45) is 7.33. The van der Waals surface area contributed by atoms with Gasteiger partial charge in [-0.3, -0.25) is 0 Å². The highest BCUT2D eigenvalue weighted by Crippen LogP contribution is 2.50. The first-order valence-electron chi connectivity index (χ1n) is 9.02. The van der Waals surface area contributed by atoms with E-state index in [1.54, 1.807) is 0 Å². The fourth-order valence-corrected chi connectivity index (χ4v) is 5.03. The topological polar surface area (TPSA) is 18.8 Å². The first-order valence-corrected chi connectivity index (χ1v) is 9.40. The van der Waals surface area contributed by atoms with Gasteiger partial charge in [-0.2, -0.15) is 0 Å². The molecular weight excluding hydrogens is 330 g/mol. The third kappa shape index (κ3) is 2.06. The Morgan fingerprint density at radius 2 is 1.88 bits per heavy atom. The van der Waals surface area contributed by atoms with Gasteiger partial charge in [-0.05, 0) is 38.5 Å². The number of rotatable bonds is 0. The molecule has 3 nitrogen and oxygen atoms in total. The van der Waals surface area contributed by atoms with Crippen LogP contribution in [0.1, 0.15) is 19.3 Å². The molecule has 0 N–H and O–H groups in total. The highest BCUT2D eigenvalue weighted by molar-refractivity contribution is 6.31. The van der Waals surface area contributed by atoms with Crippen LogP contribution in [0.4, 0.5) is 0 Å². The van der Waals surface area contributed by atoms with Crippen molar-refractivity contribution in [3.63, 3.8) is 0 Å². The molecule has 1 aliphatic carbocycles. The van der Waals surface area contributed by atoms with Crippen LogP contribution < -0.4 is 10.6 Å². The molecule has 3 heterocycles. The molecule has 1 fully saturated rings. The maximum atomic E-state index is 6.37. The number of fused-ring (bicyclic) bond motifs is 4. The van der Waals surface area contributed by atoms with Crippen LogP contribution in [-0.2, 0) is 0 Å². The van der Waals surface area contributed by atoms with Gasteiger partial charge < -0.3 is 9.80 Å². The molecule has 25 heavy (non-hydrogen) atoms. The van der Waals surface area contributed by atoms with E-state index < -0.39 is 0 Å². The Balaban J connectivity index is 1.84. The number of hydrogen-bond acceptors (Lipinski definition) is 3.